The highest BCUT2D eigenvalue weighted by molar-refractivity contribution is 5.93. The van der Waals surface area contributed by atoms with Crippen LogP contribution in [0, 0.1) is 5.92 Å². The van der Waals surface area contributed by atoms with E-state index < -0.39 is 6.10 Å². The van der Waals surface area contributed by atoms with Crippen molar-refractivity contribution in [3.05, 3.63) is 12.2 Å². The van der Waals surface area contributed by atoms with Gasteiger partial charge in [0, 0.05) is 0 Å². The summed E-state index contributed by atoms with van der Waals surface area (Å²) in [4.78, 5) is 10.8. The molecule has 0 radical (unpaired) electrons. The van der Waals surface area contributed by atoms with Crippen molar-refractivity contribution in [1.29, 1.82) is 0 Å². The van der Waals surface area contributed by atoms with E-state index in [9.17, 15) is 4.79 Å². The average molecular weight is 142 g/mol. The fourth-order valence-electron chi connectivity index (χ4n) is 0.591. The van der Waals surface area contributed by atoms with Crippen molar-refractivity contribution in [2.75, 3.05) is 0 Å². The summed E-state index contributed by atoms with van der Waals surface area (Å²) < 4.78 is 0. The van der Waals surface area contributed by atoms with Crippen LogP contribution >= 0.6 is 0 Å². The number of hydrogen-bond donors (Lipinski definition) is 1. The number of ketones is 1. The maximum absolute atomic E-state index is 10.8. The van der Waals surface area contributed by atoms with Gasteiger partial charge in [0.1, 0.15) is 6.10 Å². The predicted octanol–water partition coefficient (Wildman–Crippen LogP) is 1.15. The van der Waals surface area contributed by atoms with E-state index in [0.717, 1.165) is 0 Å². The van der Waals surface area contributed by atoms with Gasteiger partial charge >= 0.3 is 0 Å². The summed E-state index contributed by atoms with van der Waals surface area (Å²) in [5.41, 5.74) is 0. The number of hydrogen-bond acceptors (Lipinski definition) is 2. The Kier molecular flexibility index (Phi) is 3.96. The summed E-state index contributed by atoms with van der Waals surface area (Å²) in [5, 5.41) is 9.13. The number of carbonyl (C=O) groups is 1. The monoisotopic (exact) mass is 142 g/mol. The van der Waals surface area contributed by atoms with E-state index in [4.69, 9.17) is 5.11 Å². The Hall–Kier alpha value is -0.630. The zero-order valence-corrected chi connectivity index (χ0v) is 6.66. The summed E-state index contributed by atoms with van der Waals surface area (Å²) in [6.07, 6.45) is 2.19. The van der Waals surface area contributed by atoms with Crippen molar-refractivity contribution in [2.24, 2.45) is 5.92 Å². The van der Waals surface area contributed by atoms with E-state index in [-0.39, 0.29) is 11.7 Å². The van der Waals surface area contributed by atoms with Gasteiger partial charge in [0.25, 0.3) is 0 Å². The Morgan fingerprint density at radius 2 is 2.00 bits per heavy atom. The van der Waals surface area contributed by atoms with Crippen LogP contribution in [0.25, 0.3) is 0 Å². The first-order valence-electron chi connectivity index (χ1n) is 3.44. The van der Waals surface area contributed by atoms with Crippen molar-refractivity contribution >= 4 is 5.78 Å². The molecule has 0 aliphatic rings. The normalized spacial score (nSPS) is 14.5. The number of carbonyl (C=O) groups excluding carboxylic acids is 1. The van der Waals surface area contributed by atoms with Gasteiger partial charge < -0.3 is 5.11 Å². The molecule has 0 aromatic carbocycles. The van der Waals surface area contributed by atoms with Crippen LogP contribution in [0.3, 0.4) is 0 Å². The van der Waals surface area contributed by atoms with Crippen molar-refractivity contribution in [3.8, 4) is 0 Å². The topological polar surface area (TPSA) is 37.3 Å². The Morgan fingerprint density at radius 3 is 2.30 bits per heavy atom. The molecule has 0 heterocycles. The molecule has 2 heteroatoms. The van der Waals surface area contributed by atoms with E-state index in [1.807, 2.05) is 13.8 Å². The van der Waals surface area contributed by atoms with Gasteiger partial charge in [-0.3, -0.25) is 4.79 Å². The highest BCUT2D eigenvalue weighted by Gasteiger charge is 2.14. The van der Waals surface area contributed by atoms with E-state index >= 15 is 0 Å². The van der Waals surface area contributed by atoms with Crippen molar-refractivity contribution in [2.45, 2.75) is 26.9 Å². The highest BCUT2D eigenvalue weighted by Crippen LogP contribution is 2.02. The highest BCUT2D eigenvalue weighted by atomic mass is 16.3. The fraction of sp³-hybridized carbons (Fsp3) is 0.625. The van der Waals surface area contributed by atoms with Crippen LogP contribution in [-0.2, 0) is 4.79 Å². The molecule has 0 amide bonds. The molecule has 0 saturated heterocycles. The number of aliphatic hydroxyl groups is 1. The van der Waals surface area contributed by atoms with Crippen LogP contribution in [0.1, 0.15) is 20.8 Å². The lowest BCUT2D eigenvalue weighted by Gasteiger charge is -2.09. The lowest BCUT2D eigenvalue weighted by atomic mass is 10.0. The molecule has 0 aromatic heterocycles. The molecular formula is C8H14O2. The van der Waals surface area contributed by atoms with Crippen LogP contribution in [0.4, 0.5) is 0 Å². The third kappa shape index (κ3) is 2.78. The minimum absolute atomic E-state index is 0.00343. The molecule has 2 nitrogen and oxygen atoms in total. The second-order valence-electron chi connectivity index (χ2n) is 2.59. The molecule has 10 heavy (non-hydrogen) atoms. The number of rotatable bonds is 3. The van der Waals surface area contributed by atoms with Crippen molar-refractivity contribution in [3.63, 3.8) is 0 Å². The first-order chi connectivity index (χ1) is 4.59. The summed E-state index contributed by atoms with van der Waals surface area (Å²) in [5.74, 6) is -0.207. The first-order valence-corrected chi connectivity index (χ1v) is 3.44. The second kappa shape index (κ2) is 4.23. The van der Waals surface area contributed by atoms with Gasteiger partial charge in [-0.2, -0.15) is 0 Å². The molecule has 0 rings (SSSR count). The SMILES string of the molecule is C/C=C/C(=O)[C@@H](O)C(C)C. The third-order valence-corrected chi connectivity index (χ3v) is 1.25. The van der Waals surface area contributed by atoms with Crippen LogP contribution < -0.4 is 0 Å². The summed E-state index contributed by atoms with van der Waals surface area (Å²) in [7, 11) is 0. The molecule has 0 spiro atoms. The Balaban J connectivity index is 3.95. The Labute approximate surface area is 61.6 Å². The number of allylic oxidation sites excluding steroid dienone is 1. The molecule has 0 aliphatic carbocycles. The van der Waals surface area contributed by atoms with Crippen LogP contribution in [0.5, 0.6) is 0 Å². The predicted molar refractivity (Wildman–Crippen MR) is 40.7 cm³/mol. The summed E-state index contributed by atoms with van der Waals surface area (Å²) >= 11 is 0. The molecule has 0 saturated carbocycles. The van der Waals surface area contributed by atoms with E-state index in [0.29, 0.717) is 0 Å². The fourth-order valence-corrected chi connectivity index (χ4v) is 0.591. The Bertz CT molecular complexity index is 136. The van der Waals surface area contributed by atoms with Gasteiger partial charge in [-0.15, -0.1) is 0 Å². The van der Waals surface area contributed by atoms with E-state index in [1.165, 1.54) is 6.08 Å². The largest absolute Gasteiger partial charge is 0.385 e. The van der Waals surface area contributed by atoms with Crippen LogP contribution in [0.15, 0.2) is 12.2 Å². The molecule has 0 aromatic rings. The molecular weight excluding hydrogens is 128 g/mol. The second-order valence-corrected chi connectivity index (χ2v) is 2.59. The van der Waals surface area contributed by atoms with Crippen LogP contribution in [0.2, 0.25) is 0 Å². The smallest absolute Gasteiger partial charge is 0.184 e. The van der Waals surface area contributed by atoms with Gasteiger partial charge in [0.15, 0.2) is 5.78 Å². The molecule has 0 fully saturated rings. The van der Waals surface area contributed by atoms with Gasteiger partial charge in [0.2, 0.25) is 0 Å². The molecule has 1 N–H and O–H groups in total. The van der Waals surface area contributed by atoms with Crippen molar-refractivity contribution in [1.82, 2.24) is 0 Å². The molecule has 0 bridgehead atoms. The lowest BCUT2D eigenvalue weighted by Crippen LogP contribution is -2.23. The zero-order valence-electron chi connectivity index (χ0n) is 6.66. The molecule has 1 atom stereocenters. The van der Waals surface area contributed by atoms with Crippen molar-refractivity contribution < 1.29 is 9.90 Å². The van der Waals surface area contributed by atoms with E-state index in [1.54, 1.807) is 13.0 Å². The first kappa shape index (κ1) is 9.37. The average Bonchev–Trinajstić information content (AvgIpc) is 1.87. The minimum atomic E-state index is -0.837. The number of aliphatic hydroxyl groups excluding tert-OH is 1. The maximum atomic E-state index is 10.8. The Morgan fingerprint density at radius 1 is 1.50 bits per heavy atom. The van der Waals surface area contributed by atoms with Gasteiger partial charge in [-0.25, -0.2) is 0 Å². The third-order valence-electron chi connectivity index (χ3n) is 1.25. The maximum Gasteiger partial charge on any atom is 0.184 e. The standard InChI is InChI=1S/C8H14O2/c1-4-5-7(9)8(10)6(2)3/h4-6,8,10H,1-3H3/b5-4+/t8-/m0/s1. The summed E-state index contributed by atoms with van der Waals surface area (Å²) in [6.45, 7) is 5.38. The van der Waals surface area contributed by atoms with Gasteiger partial charge in [-0.1, -0.05) is 19.9 Å². The van der Waals surface area contributed by atoms with E-state index in [2.05, 4.69) is 0 Å². The summed E-state index contributed by atoms with van der Waals surface area (Å²) in [6, 6.07) is 0. The lowest BCUT2D eigenvalue weighted by molar-refractivity contribution is -0.124. The molecule has 0 unspecified atom stereocenters. The minimum Gasteiger partial charge on any atom is -0.385 e. The van der Waals surface area contributed by atoms with Crippen LogP contribution in [-0.4, -0.2) is 17.0 Å². The van der Waals surface area contributed by atoms with Gasteiger partial charge in [-0.05, 0) is 18.9 Å². The molecule has 58 valence electrons. The quantitative estimate of drug-likeness (QED) is 0.600. The zero-order chi connectivity index (χ0) is 8.15. The van der Waals surface area contributed by atoms with Gasteiger partial charge in [0.05, 0.1) is 0 Å². The molecule has 0 aliphatic heterocycles.